The first-order valence-electron chi connectivity index (χ1n) is 7.72. The smallest absolute Gasteiger partial charge is 0.127 e. The number of nitrogens with two attached hydrogens (primary N) is 1. The third-order valence-electron chi connectivity index (χ3n) is 5.21. The minimum atomic E-state index is -0.254. The summed E-state index contributed by atoms with van der Waals surface area (Å²) in [6, 6.07) is 4.71. The van der Waals surface area contributed by atoms with Crippen LogP contribution in [0.4, 0.5) is 4.39 Å². The molecule has 1 aliphatic carbocycles. The average molecular weight is 313 g/mol. The van der Waals surface area contributed by atoms with Gasteiger partial charge in [-0.25, -0.2) is 4.39 Å². The van der Waals surface area contributed by atoms with E-state index in [2.05, 4.69) is 25.9 Å². The Morgan fingerprint density at radius 1 is 1.38 bits per heavy atom. The number of hydrogen-bond donors (Lipinski definition) is 1. The molecule has 1 unspecified atom stereocenters. The van der Waals surface area contributed by atoms with Gasteiger partial charge in [0.25, 0.3) is 0 Å². The zero-order chi connectivity index (χ0) is 15.6. The monoisotopic (exact) mass is 312 g/mol. The number of halogens is 2. The standard InChI is InChI=1S/C17H26ClFN2/c1-12-7-9-17(10-8-12,21(2)3)16(20)11-13-14(18)5-4-6-15(13)19/h4-6,12,16H,7-11,20H2,1-3H3. The van der Waals surface area contributed by atoms with Gasteiger partial charge < -0.3 is 10.6 Å². The van der Waals surface area contributed by atoms with Crippen molar-refractivity contribution < 1.29 is 4.39 Å². The van der Waals surface area contributed by atoms with Crippen molar-refractivity contribution in [3.8, 4) is 0 Å². The highest BCUT2D eigenvalue weighted by molar-refractivity contribution is 6.31. The third-order valence-corrected chi connectivity index (χ3v) is 5.56. The first-order chi connectivity index (χ1) is 9.86. The second kappa shape index (κ2) is 6.64. The lowest BCUT2D eigenvalue weighted by Crippen LogP contribution is -2.59. The van der Waals surface area contributed by atoms with E-state index in [4.69, 9.17) is 17.3 Å². The SMILES string of the molecule is CC1CCC(C(N)Cc2c(F)cccc2Cl)(N(C)C)CC1. The molecule has 1 aliphatic rings. The maximum atomic E-state index is 14.0. The largest absolute Gasteiger partial charge is 0.326 e. The number of nitrogens with zero attached hydrogens (tertiary/aromatic N) is 1. The van der Waals surface area contributed by atoms with Gasteiger partial charge in [0.05, 0.1) is 0 Å². The molecule has 1 aromatic rings. The summed E-state index contributed by atoms with van der Waals surface area (Å²) in [5.74, 6) is 0.498. The molecule has 2 nitrogen and oxygen atoms in total. The first-order valence-corrected chi connectivity index (χ1v) is 8.10. The molecular weight excluding hydrogens is 287 g/mol. The summed E-state index contributed by atoms with van der Waals surface area (Å²) in [5, 5.41) is 0.475. The van der Waals surface area contributed by atoms with E-state index in [1.54, 1.807) is 12.1 Å². The van der Waals surface area contributed by atoms with Crippen molar-refractivity contribution in [2.24, 2.45) is 11.7 Å². The van der Waals surface area contributed by atoms with Gasteiger partial charge in [0.1, 0.15) is 5.82 Å². The number of rotatable bonds is 4. The van der Waals surface area contributed by atoms with Crippen molar-refractivity contribution in [1.29, 1.82) is 0 Å². The van der Waals surface area contributed by atoms with Crippen LogP contribution in [-0.2, 0) is 6.42 Å². The number of likely N-dealkylation sites (N-methyl/N-ethyl adjacent to an activating group) is 1. The van der Waals surface area contributed by atoms with E-state index in [9.17, 15) is 4.39 Å². The topological polar surface area (TPSA) is 29.3 Å². The molecule has 1 aromatic carbocycles. The highest BCUT2D eigenvalue weighted by Gasteiger charge is 2.41. The lowest BCUT2D eigenvalue weighted by atomic mass is 9.71. The highest BCUT2D eigenvalue weighted by atomic mass is 35.5. The van der Waals surface area contributed by atoms with Gasteiger partial charge in [0.15, 0.2) is 0 Å². The predicted octanol–water partition coefficient (Wildman–Crippen LogP) is 3.86. The number of hydrogen-bond acceptors (Lipinski definition) is 2. The molecule has 1 atom stereocenters. The van der Waals surface area contributed by atoms with Gasteiger partial charge in [0, 0.05) is 22.2 Å². The van der Waals surface area contributed by atoms with Gasteiger partial charge in [-0.2, -0.15) is 0 Å². The molecule has 21 heavy (non-hydrogen) atoms. The molecule has 2 N–H and O–H groups in total. The molecule has 0 heterocycles. The molecule has 1 fully saturated rings. The zero-order valence-electron chi connectivity index (χ0n) is 13.2. The van der Waals surface area contributed by atoms with Crippen molar-refractivity contribution >= 4 is 11.6 Å². The van der Waals surface area contributed by atoms with Crippen molar-refractivity contribution in [2.45, 2.75) is 50.6 Å². The Morgan fingerprint density at radius 2 is 2.00 bits per heavy atom. The molecule has 0 spiro atoms. The summed E-state index contributed by atoms with van der Waals surface area (Å²) in [6.45, 7) is 2.29. The number of benzene rings is 1. The van der Waals surface area contributed by atoms with Crippen LogP contribution in [0.5, 0.6) is 0 Å². The van der Waals surface area contributed by atoms with Gasteiger partial charge >= 0.3 is 0 Å². The minimum Gasteiger partial charge on any atom is -0.326 e. The van der Waals surface area contributed by atoms with E-state index >= 15 is 0 Å². The summed E-state index contributed by atoms with van der Waals surface area (Å²) in [7, 11) is 4.16. The quantitative estimate of drug-likeness (QED) is 0.914. The summed E-state index contributed by atoms with van der Waals surface area (Å²) in [6.07, 6.45) is 4.97. The fourth-order valence-corrected chi connectivity index (χ4v) is 3.79. The maximum Gasteiger partial charge on any atom is 0.127 e. The molecule has 0 radical (unpaired) electrons. The molecule has 118 valence electrons. The van der Waals surface area contributed by atoms with Gasteiger partial charge in [-0.1, -0.05) is 24.6 Å². The van der Waals surface area contributed by atoms with Gasteiger partial charge in [-0.3, -0.25) is 0 Å². The minimum absolute atomic E-state index is 0.0574. The van der Waals surface area contributed by atoms with Crippen LogP contribution in [0.25, 0.3) is 0 Å². The van der Waals surface area contributed by atoms with Gasteiger partial charge in [-0.05, 0) is 64.3 Å². The molecule has 4 heteroatoms. The summed E-state index contributed by atoms with van der Waals surface area (Å²) < 4.78 is 14.0. The Labute approximate surface area is 132 Å². The highest BCUT2D eigenvalue weighted by Crippen LogP contribution is 2.38. The fourth-order valence-electron chi connectivity index (χ4n) is 3.55. The lowest BCUT2D eigenvalue weighted by Gasteiger charge is -2.48. The Morgan fingerprint density at radius 3 is 2.52 bits per heavy atom. The molecule has 0 aromatic heterocycles. The maximum absolute atomic E-state index is 14.0. The normalized spacial score (nSPS) is 27.9. The lowest BCUT2D eigenvalue weighted by molar-refractivity contribution is 0.0566. The van der Waals surface area contributed by atoms with Crippen LogP contribution in [0.1, 0.15) is 38.2 Å². The predicted molar refractivity (Wildman–Crippen MR) is 87.1 cm³/mol. The van der Waals surface area contributed by atoms with Crippen LogP contribution in [0.15, 0.2) is 18.2 Å². The van der Waals surface area contributed by atoms with Crippen LogP contribution >= 0.6 is 11.6 Å². The van der Waals surface area contributed by atoms with E-state index < -0.39 is 0 Å². The van der Waals surface area contributed by atoms with E-state index in [1.807, 2.05) is 0 Å². The fraction of sp³-hybridized carbons (Fsp3) is 0.647. The van der Waals surface area contributed by atoms with Crippen molar-refractivity contribution in [2.75, 3.05) is 14.1 Å². The average Bonchev–Trinajstić information content (AvgIpc) is 2.43. The van der Waals surface area contributed by atoms with Crippen LogP contribution in [0.2, 0.25) is 5.02 Å². The van der Waals surface area contributed by atoms with E-state index in [-0.39, 0.29) is 17.4 Å². The molecule has 0 saturated heterocycles. The molecule has 1 saturated carbocycles. The first kappa shape index (κ1) is 16.7. The van der Waals surface area contributed by atoms with E-state index in [0.29, 0.717) is 17.0 Å². The Bertz CT molecular complexity index is 461. The van der Waals surface area contributed by atoms with Crippen LogP contribution < -0.4 is 5.73 Å². The Kier molecular flexibility index (Phi) is 5.29. The molecule has 0 amide bonds. The Balaban J connectivity index is 2.22. The zero-order valence-corrected chi connectivity index (χ0v) is 14.0. The van der Waals surface area contributed by atoms with E-state index in [1.165, 1.54) is 18.9 Å². The molecule has 0 bridgehead atoms. The summed E-state index contributed by atoms with van der Waals surface area (Å²) >= 11 is 6.15. The molecule has 0 aliphatic heterocycles. The van der Waals surface area contributed by atoms with Gasteiger partial charge in [0.2, 0.25) is 0 Å². The summed E-state index contributed by atoms with van der Waals surface area (Å²) in [4.78, 5) is 2.23. The van der Waals surface area contributed by atoms with E-state index in [0.717, 1.165) is 18.8 Å². The van der Waals surface area contributed by atoms with Crippen molar-refractivity contribution in [3.63, 3.8) is 0 Å². The van der Waals surface area contributed by atoms with Crippen LogP contribution in [0, 0.1) is 11.7 Å². The Hall–Kier alpha value is -0.640. The van der Waals surface area contributed by atoms with Gasteiger partial charge in [-0.15, -0.1) is 0 Å². The second-order valence-corrected chi connectivity index (χ2v) is 7.10. The van der Waals surface area contributed by atoms with Crippen molar-refractivity contribution in [3.05, 3.63) is 34.6 Å². The summed E-state index contributed by atoms with van der Waals surface area (Å²) in [5.41, 5.74) is 7.02. The molecule has 2 rings (SSSR count). The molecular formula is C17H26ClFN2. The van der Waals surface area contributed by atoms with Crippen molar-refractivity contribution in [1.82, 2.24) is 4.90 Å². The second-order valence-electron chi connectivity index (χ2n) is 6.69. The van der Waals surface area contributed by atoms with Crippen LogP contribution in [0.3, 0.4) is 0 Å². The van der Waals surface area contributed by atoms with Crippen LogP contribution in [-0.4, -0.2) is 30.6 Å². The third kappa shape index (κ3) is 3.41.